The molecule has 0 unspecified atom stereocenters. The highest BCUT2D eigenvalue weighted by Gasteiger charge is 2.24. The first-order chi connectivity index (χ1) is 14.1. The lowest BCUT2D eigenvalue weighted by Gasteiger charge is -2.09. The minimum absolute atomic E-state index is 0.0514. The Hall–Kier alpha value is -2.26. The van der Waals surface area contributed by atoms with Gasteiger partial charge in [0.1, 0.15) is 22.2 Å². The number of aromatic nitrogens is 2. The van der Waals surface area contributed by atoms with Crippen molar-refractivity contribution in [3.05, 3.63) is 69.2 Å². The number of benzene rings is 2. The summed E-state index contributed by atoms with van der Waals surface area (Å²) in [5.41, 5.74) is 0.500. The molecule has 30 heavy (non-hydrogen) atoms. The molecule has 0 fully saturated rings. The average Bonchev–Trinajstić information content (AvgIpc) is 3.12. The van der Waals surface area contributed by atoms with Gasteiger partial charge in [-0.15, -0.1) is 0 Å². The van der Waals surface area contributed by atoms with Gasteiger partial charge in [0.2, 0.25) is 0 Å². The SMILES string of the molecule is CCc1nc(C(=O)NS(=O)(=O)c2cc(OC)ccc2Cl)cn1-c1cc(Cl)cc(Cl)c1. The zero-order chi connectivity index (χ0) is 22.1. The smallest absolute Gasteiger partial charge is 0.285 e. The fraction of sp³-hybridized carbons (Fsp3) is 0.158. The number of ether oxygens (including phenoxy) is 1. The molecule has 0 aliphatic rings. The standard InChI is InChI=1S/C19H16Cl3N3O4S/c1-3-18-23-16(10-25(18)13-7-11(20)6-12(21)8-13)19(26)24-30(27,28)17-9-14(29-2)4-5-15(17)22/h4-10H,3H2,1-2H3,(H,24,26). The van der Waals surface area contributed by atoms with Crippen molar-refractivity contribution >= 4 is 50.7 Å². The summed E-state index contributed by atoms with van der Waals surface area (Å²) < 4.78 is 34.0. The van der Waals surface area contributed by atoms with Gasteiger partial charge in [0.15, 0.2) is 0 Å². The summed E-state index contributed by atoms with van der Waals surface area (Å²) in [7, 11) is -2.87. The predicted molar refractivity (Wildman–Crippen MR) is 116 cm³/mol. The first-order valence-electron chi connectivity index (χ1n) is 8.60. The summed E-state index contributed by atoms with van der Waals surface area (Å²) in [5, 5.41) is 0.772. The van der Waals surface area contributed by atoms with Crippen LogP contribution in [0.3, 0.4) is 0 Å². The number of aryl methyl sites for hydroxylation is 1. The van der Waals surface area contributed by atoms with Gasteiger partial charge >= 0.3 is 0 Å². The topological polar surface area (TPSA) is 90.3 Å². The van der Waals surface area contributed by atoms with Gasteiger partial charge in [-0.3, -0.25) is 4.79 Å². The van der Waals surface area contributed by atoms with Crippen molar-refractivity contribution < 1.29 is 17.9 Å². The Morgan fingerprint density at radius 2 is 1.80 bits per heavy atom. The molecule has 3 rings (SSSR count). The van der Waals surface area contributed by atoms with Gasteiger partial charge in [0.25, 0.3) is 15.9 Å². The lowest BCUT2D eigenvalue weighted by Crippen LogP contribution is -2.31. The number of nitrogens with zero attached hydrogens (tertiary/aromatic N) is 2. The highest BCUT2D eigenvalue weighted by atomic mass is 35.5. The highest BCUT2D eigenvalue weighted by molar-refractivity contribution is 7.90. The molecule has 0 radical (unpaired) electrons. The van der Waals surface area contributed by atoms with Gasteiger partial charge in [-0.1, -0.05) is 41.7 Å². The van der Waals surface area contributed by atoms with Crippen LogP contribution in [-0.2, 0) is 16.4 Å². The molecule has 1 aromatic heterocycles. The maximum absolute atomic E-state index is 12.7. The number of imidazole rings is 1. The molecule has 2 aromatic carbocycles. The summed E-state index contributed by atoms with van der Waals surface area (Å²) in [4.78, 5) is 16.6. The van der Waals surface area contributed by atoms with E-state index in [0.29, 0.717) is 28.0 Å². The molecule has 0 saturated heterocycles. The number of nitrogens with one attached hydrogen (secondary N) is 1. The van der Waals surface area contributed by atoms with Crippen LogP contribution in [-0.4, -0.2) is 31.0 Å². The van der Waals surface area contributed by atoms with E-state index < -0.39 is 15.9 Å². The van der Waals surface area contributed by atoms with Gasteiger partial charge in [-0.2, -0.15) is 0 Å². The van der Waals surface area contributed by atoms with Crippen molar-refractivity contribution in [1.29, 1.82) is 0 Å². The number of hydrogen-bond donors (Lipinski definition) is 1. The number of amides is 1. The van der Waals surface area contributed by atoms with E-state index in [1.165, 1.54) is 31.5 Å². The fourth-order valence-electron chi connectivity index (χ4n) is 2.73. The molecule has 0 bridgehead atoms. The van der Waals surface area contributed by atoms with E-state index in [2.05, 4.69) is 4.98 Å². The third-order valence-corrected chi connectivity index (χ3v) is 6.36. The predicted octanol–water partition coefficient (Wildman–Crippen LogP) is 4.52. The number of hydrogen-bond acceptors (Lipinski definition) is 5. The number of methoxy groups -OCH3 is 1. The summed E-state index contributed by atoms with van der Waals surface area (Å²) in [5.74, 6) is -0.103. The monoisotopic (exact) mass is 487 g/mol. The van der Waals surface area contributed by atoms with Crippen molar-refractivity contribution in [2.45, 2.75) is 18.2 Å². The Morgan fingerprint density at radius 3 is 2.40 bits per heavy atom. The minimum Gasteiger partial charge on any atom is -0.497 e. The summed E-state index contributed by atoms with van der Waals surface area (Å²) >= 11 is 18.1. The van der Waals surface area contributed by atoms with Crippen LogP contribution in [0, 0.1) is 0 Å². The van der Waals surface area contributed by atoms with Crippen LogP contribution in [0.4, 0.5) is 0 Å². The Bertz CT molecular complexity index is 1210. The summed E-state index contributed by atoms with van der Waals surface area (Å²) in [6.45, 7) is 1.85. The molecular formula is C19H16Cl3N3O4S. The van der Waals surface area contributed by atoms with Crippen molar-refractivity contribution in [2.75, 3.05) is 7.11 Å². The van der Waals surface area contributed by atoms with Crippen LogP contribution in [0.15, 0.2) is 47.5 Å². The Labute approximate surface area is 188 Å². The molecule has 1 N–H and O–H groups in total. The molecule has 0 atom stereocenters. The van der Waals surface area contributed by atoms with Gasteiger partial charge in [-0.05, 0) is 30.3 Å². The van der Waals surface area contributed by atoms with Gasteiger partial charge < -0.3 is 9.30 Å². The zero-order valence-corrected chi connectivity index (χ0v) is 18.9. The van der Waals surface area contributed by atoms with E-state index in [1.807, 2.05) is 11.6 Å². The number of sulfonamides is 1. The molecule has 0 spiro atoms. The van der Waals surface area contributed by atoms with Crippen molar-refractivity contribution in [3.8, 4) is 11.4 Å². The van der Waals surface area contributed by atoms with Crippen LogP contribution in [0.2, 0.25) is 15.1 Å². The highest BCUT2D eigenvalue weighted by Crippen LogP contribution is 2.27. The molecule has 0 aliphatic heterocycles. The second-order valence-corrected chi connectivity index (χ2v) is 9.06. The minimum atomic E-state index is -4.26. The van der Waals surface area contributed by atoms with E-state index in [0.717, 1.165) is 0 Å². The van der Waals surface area contributed by atoms with Gasteiger partial charge in [0.05, 0.1) is 12.1 Å². The third-order valence-electron chi connectivity index (χ3n) is 4.11. The molecular weight excluding hydrogens is 473 g/mol. The van der Waals surface area contributed by atoms with Crippen LogP contribution in [0.1, 0.15) is 23.2 Å². The Kier molecular flexibility index (Phi) is 6.62. The number of rotatable bonds is 6. The van der Waals surface area contributed by atoms with Crippen LogP contribution < -0.4 is 9.46 Å². The fourth-order valence-corrected chi connectivity index (χ4v) is 4.72. The van der Waals surface area contributed by atoms with Crippen molar-refractivity contribution in [1.82, 2.24) is 14.3 Å². The van der Waals surface area contributed by atoms with Crippen LogP contribution >= 0.6 is 34.8 Å². The number of carbonyl (C=O) groups is 1. The molecule has 1 heterocycles. The Morgan fingerprint density at radius 1 is 1.13 bits per heavy atom. The largest absolute Gasteiger partial charge is 0.497 e. The Balaban J connectivity index is 1.95. The van der Waals surface area contributed by atoms with Crippen LogP contribution in [0.5, 0.6) is 5.75 Å². The lowest BCUT2D eigenvalue weighted by atomic mass is 10.3. The van der Waals surface area contributed by atoms with Crippen LogP contribution in [0.25, 0.3) is 5.69 Å². The van der Waals surface area contributed by atoms with E-state index in [1.54, 1.807) is 22.8 Å². The van der Waals surface area contributed by atoms with E-state index >= 15 is 0 Å². The van der Waals surface area contributed by atoms with Crippen molar-refractivity contribution in [3.63, 3.8) is 0 Å². The molecule has 158 valence electrons. The maximum Gasteiger partial charge on any atom is 0.285 e. The molecule has 7 nitrogen and oxygen atoms in total. The molecule has 0 saturated carbocycles. The number of carbonyl (C=O) groups excluding carboxylic acids is 1. The summed E-state index contributed by atoms with van der Waals surface area (Å²) in [6.07, 6.45) is 1.89. The van der Waals surface area contributed by atoms with Crippen molar-refractivity contribution in [2.24, 2.45) is 0 Å². The molecule has 0 aliphatic carbocycles. The first kappa shape index (κ1) is 22.4. The molecule has 11 heteroatoms. The average molecular weight is 489 g/mol. The molecule has 3 aromatic rings. The van der Waals surface area contributed by atoms with E-state index in [-0.39, 0.29) is 21.4 Å². The van der Waals surface area contributed by atoms with Gasteiger partial charge in [0, 0.05) is 34.4 Å². The summed E-state index contributed by atoms with van der Waals surface area (Å²) in [6, 6.07) is 8.99. The van der Waals surface area contributed by atoms with Gasteiger partial charge in [-0.25, -0.2) is 18.1 Å². The second-order valence-electron chi connectivity index (χ2n) is 6.12. The lowest BCUT2D eigenvalue weighted by molar-refractivity contribution is 0.0977. The molecule has 1 amide bonds. The quantitative estimate of drug-likeness (QED) is 0.551. The number of halogens is 3. The second kappa shape index (κ2) is 8.85. The third kappa shape index (κ3) is 4.73. The maximum atomic E-state index is 12.7. The van der Waals surface area contributed by atoms with E-state index in [9.17, 15) is 13.2 Å². The first-order valence-corrected chi connectivity index (χ1v) is 11.2. The normalized spacial score (nSPS) is 11.4. The zero-order valence-electron chi connectivity index (χ0n) is 15.8. The van der Waals surface area contributed by atoms with E-state index in [4.69, 9.17) is 39.5 Å².